The molecule has 0 aliphatic carbocycles. The van der Waals surface area contributed by atoms with Gasteiger partial charge in [-0.05, 0) is 47.5 Å². The minimum atomic E-state index is -2.12. The number of hydrogen-bond donors (Lipinski definition) is 1. The Morgan fingerprint density at radius 1 is 0.857 bits per heavy atom. The summed E-state index contributed by atoms with van der Waals surface area (Å²) < 4.78 is 8.99. The van der Waals surface area contributed by atoms with Gasteiger partial charge < -0.3 is 24.2 Å². The monoisotopic (exact) mass is 563 g/mol. The zero-order valence-electron chi connectivity index (χ0n) is 23.7. The maximum Gasteiger partial charge on any atom is 0.304 e. The Kier molecular flexibility index (Phi) is 7.96. The van der Waals surface area contributed by atoms with Gasteiger partial charge in [-0.2, -0.15) is 0 Å². The van der Waals surface area contributed by atoms with E-state index >= 15 is 0 Å². The number of nitrogens with one attached hydrogen (secondary N) is 1. The average Bonchev–Trinajstić information content (AvgIpc) is 3.59. The third kappa shape index (κ3) is 5.62. The molecule has 216 valence electrons. The van der Waals surface area contributed by atoms with E-state index in [4.69, 9.17) is 4.74 Å². The zero-order valence-corrected chi connectivity index (χ0v) is 23.7. The lowest BCUT2D eigenvalue weighted by atomic mass is 9.82. The predicted octanol–water partition coefficient (Wildman–Crippen LogP) is 4.05. The summed E-state index contributed by atoms with van der Waals surface area (Å²) in [6, 6.07) is 29.1. The molecule has 0 spiro atoms. The number of amides is 1. The lowest BCUT2D eigenvalue weighted by Gasteiger charge is -2.53. The quantitative estimate of drug-likeness (QED) is 0.179. The number of esters is 1. The Morgan fingerprint density at radius 3 is 2.05 bits per heavy atom. The summed E-state index contributed by atoms with van der Waals surface area (Å²) >= 11 is 0. The first-order valence-corrected chi connectivity index (χ1v) is 14.9. The zero-order chi connectivity index (χ0) is 29.0. The van der Waals surface area contributed by atoms with Crippen LogP contribution in [0.1, 0.15) is 40.7 Å². The molecule has 3 fully saturated rings. The molecule has 1 N–H and O–H groups in total. The van der Waals surface area contributed by atoms with Crippen molar-refractivity contribution in [3.8, 4) is 5.69 Å². The molecule has 3 aliphatic rings. The third-order valence-electron chi connectivity index (χ3n) is 9.07. The summed E-state index contributed by atoms with van der Waals surface area (Å²) in [5.74, 6) is -0.530. The van der Waals surface area contributed by atoms with Gasteiger partial charge in [0, 0.05) is 61.0 Å². The van der Waals surface area contributed by atoms with E-state index in [9.17, 15) is 14.7 Å². The number of hydrogen-bond acceptors (Lipinski definition) is 4. The van der Waals surface area contributed by atoms with Gasteiger partial charge in [0.2, 0.25) is 0 Å². The Labute approximate surface area is 247 Å². The normalized spacial score (nSPS) is 21.5. The van der Waals surface area contributed by atoms with Crippen LogP contribution in [0.25, 0.3) is 5.69 Å². The molecular formula is C35H37N3O4. The highest BCUT2D eigenvalue weighted by Gasteiger charge is 2.48. The second-order valence-electron chi connectivity index (χ2n) is 11.6. The molecule has 7 rings (SSSR count). The topological polar surface area (TPSA) is 83.4 Å². The number of carbonyl (C=O) groups is 2. The second kappa shape index (κ2) is 12.0. The lowest BCUT2D eigenvalue weighted by molar-refractivity contribution is -0.946. The summed E-state index contributed by atoms with van der Waals surface area (Å²) in [4.78, 5) is 26.4. The van der Waals surface area contributed by atoms with Crippen molar-refractivity contribution in [2.75, 3.05) is 32.7 Å². The Hall–Kier alpha value is -4.20. The van der Waals surface area contributed by atoms with Gasteiger partial charge in [-0.25, -0.2) is 0 Å². The molecule has 1 unspecified atom stereocenters. The maximum absolute atomic E-state index is 14.3. The fourth-order valence-electron chi connectivity index (χ4n) is 6.65. The van der Waals surface area contributed by atoms with E-state index in [-0.39, 0.29) is 17.9 Å². The van der Waals surface area contributed by atoms with E-state index < -0.39 is 11.6 Å². The van der Waals surface area contributed by atoms with E-state index in [0.29, 0.717) is 29.8 Å². The standard InChI is InChI=1S/C35H37N3O4/c39-33(28-14-16-31(17-15-28)37-21-7-8-22-37)36-20-9-23-38-24-18-27(19-25-38)32(26-38)42-34(40)35(41,29-10-3-1-4-11-29)30-12-5-2-6-13-30/h1-8,10-17,21-22,27,32H,9,18-20,23-26H2,(H,36,39). The SMILES string of the molecule is O=C(NCCC[N+]12CCC(CC1)C(OC(=O)C([O-])(c1ccccc1)c1ccccc1)C2)c1ccc(-n2cccc2)cc1. The van der Waals surface area contributed by atoms with E-state index in [0.717, 1.165) is 49.1 Å². The molecule has 0 radical (unpaired) electrons. The summed E-state index contributed by atoms with van der Waals surface area (Å²) in [7, 11) is 0. The number of carbonyl (C=O) groups excluding carboxylic acids is 2. The van der Waals surface area contributed by atoms with Gasteiger partial charge in [-0.15, -0.1) is 0 Å². The van der Waals surface area contributed by atoms with Crippen molar-refractivity contribution in [3.05, 3.63) is 126 Å². The van der Waals surface area contributed by atoms with Crippen molar-refractivity contribution < 1.29 is 23.9 Å². The van der Waals surface area contributed by atoms with E-state index in [1.54, 1.807) is 48.5 Å². The van der Waals surface area contributed by atoms with Crippen LogP contribution >= 0.6 is 0 Å². The molecule has 1 atom stereocenters. The number of piperidine rings is 3. The molecule has 7 nitrogen and oxygen atoms in total. The van der Waals surface area contributed by atoms with E-state index in [1.807, 2.05) is 65.5 Å². The van der Waals surface area contributed by atoms with E-state index in [1.165, 1.54) is 0 Å². The Morgan fingerprint density at radius 2 is 1.45 bits per heavy atom. The van der Waals surface area contributed by atoms with Crippen molar-refractivity contribution in [2.24, 2.45) is 5.92 Å². The molecule has 2 bridgehead atoms. The van der Waals surface area contributed by atoms with Crippen LogP contribution in [0, 0.1) is 5.92 Å². The summed E-state index contributed by atoms with van der Waals surface area (Å²) in [5, 5.41) is 17.4. The van der Waals surface area contributed by atoms with Crippen LogP contribution in [0.5, 0.6) is 0 Å². The van der Waals surface area contributed by atoms with Crippen LogP contribution in [0.4, 0.5) is 0 Å². The second-order valence-corrected chi connectivity index (χ2v) is 11.6. The van der Waals surface area contributed by atoms with Gasteiger partial charge in [0.1, 0.15) is 6.54 Å². The van der Waals surface area contributed by atoms with Crippen LogP contribution in [0.3, 0.4) is 0 Å². The first kappa shape index (κ1) is 27.9. The molecule has 4 aromatic rings. The molecule has 42 heavy (non-hydrogen) atoms. The number of benzene rings is 3. The number of fused-ring (bicyclic) bond motifs is 3. The highest BCUT2D eigenvalue weighted by atomic mass is 16.6. The van der Waals surface area contributed by atoms with Crippen molar-refractivity contribution in [1.29, 1.82) is 0 Å². The number of ether oxygens (including phenoxy) is 1. The van der Waals surface area contributed by atoms with Gasteiger partial charge in [-0.1, -0.05) is 60.7 Å². The van der Waals surface area contributed by atoms with Crippen molar-refractivity contribution in [1.82, 2.24) is 9.88 Å². The number of aromatic nitrogens is 1. The molecule has 1 aromatic heterocycles. The fourth-order valence-corrected chi connectivity index (χ4v) is 6.65. The lowest BCUT2D eigenvalue weighted by Crippen LogP contribution is -2.65. The third-order valence-corrected chi connectivity index (χ3v) is 9.07. The molecule has 3 aromatic carbocycles. The van der Waals surface area contributed by atoms with Gasteiger partial charge in [0.15, 0.2) is 6.10 Å². The van der Waals surface area contributed by atoms with Crippen LogP contribution < -0.4 is 10.4 Å². The molecule has 1 amide bonds. The maximum atomic E-state index is 14.3. The summed E-state index contributed by atoms with van der Waals surface area (Å²) in [6.45, 7) is 4.26. The molecular weight excluding hydrogens is 526 g/mol. The van der Waals surface area contributed by atoms with Crippen LogP contribution in [0.2, 0.25) is 0 Å². The van der Waals surface area contributed by atoms with Crippen LogP contribution in [-0.4, -0.2) is 59.8 Å². The van der Waals surface area contributed by atoms with Gasteiger partial charge >= 0.3 is 5.97 Å². The predicted molar refractivity (Wildman–Crippen MR) is 159 cm³/mol. The van der Waals surface area contributed by atoms with Gasteiger partial charge in [0.05, 0.1) is 19.6 Å². The Bertz CT molecular complexity index is 1440. The number of quaternary nitrogens is 1. The van der Waals surface area contributed by atoms with Crippen molar-refractivity contribution >= 4 is 11.9 Å². The highest BCUT2D eigenvalue weighted by Crippen LogP contribution is 2.37. The molecule has 7 heteroatoms. The largest absolute Gasteiger partial charge is 0.834 e. The molecule has 4 heterocycles. The van der Waals surface area contributed by atoms with Gasteiger partial charge in [0.25, 0.3) is 5.91 Å². The van der Waals surface area contributed by atoms with Crippen LogP contribution in [-0.2, 0) is 15.1 Å². The fraction of sp³-hybridized carbons (Fsp3) is 0.314. The number of nitrogens with zero attached hydrogens (tertiary/aromatic N) is 2. The van der Waals surface area contributed by atoms with Gasteiger partial charge in [-0.3, -0.25) is 9.59 Å². The van der Waals surface area contributed by atoms with Crippen molar-refractivity contribution in [2.45, 2.75) is 31.0 Å². The first-order valence-electron chi connectivity index (χ1n) is 14.9. The molecule has 3 saturated heterocycles. The molecule has 3 aliphatic heterocycles. The first-order chi connectivity index (χ1) is 20.5. The molecule has 0 saturated carbocycles. The average molecular weight is 564 g/mol. The van der Waals surface area contributed by atoms with Crippen LogP contribution in [0.15, 0.2) is 109 Å². The van der Waals surface area contributed by atoms with Crippen molar-refractivity contribution in [3.63, 3.8) is 0 Å². The minimum absolute atomic E-state index is 0.0770. The highest BCUT2D eigenvalue weighted by molar-refractivity contribution is 5.94. The van der Waals surface area contributed by atoms with E-state index in [2.05, 4.69) is 5.32 Å². The Balaban J connectivity index is 1.06. The smallest absolute Gasteiger partial charge is 0.304 e. The summed E-state index contributed by atoms with van der Waals surface area (Å²) in [5.41, 5.74) is 0.312. The minimum Gasteiger partial charge on any atom is -0.834 e. The number of rotatable bonds is 10. The summed E-state index contributed by atoms with van der Waals surface area (Å²) in [6.07, 6.45) is 6.44.